The van der Waals surface area contributed by atoms with Crippen LogP contribution in [0.1, 0.15) is 12.8 Å². The molecule has 0 saturated carbocycles. The van der Waals surface area contributed by atoms with E-state index in [1.165, 1.54) is 12.8 Å². The number of hydrogen-bond donors (Lipinski definition) is 1. The van der Waals surface area contributed by atoms with Crippen molar-refractivity contribution in [2.24, 2.45) is 5.92 Å². The first-order valence-electron chi connectivity index (χ1n) is 7.39. The SMILES string of the molecule is COc1cccc(OCC(=O)NC[C@@H]2CCCN(C)C2)c1. The Balaban J connectivity index is 1.69. The number of benzene rings is 1. The minimum Gasteiger partial charge on any atom is -0.497 e. The molecule has 1 amide bonds. The standard InChI is InChI=1S/C16H24N2O3/c1-18-8-4-5-13(11-18)10-17-16(19)12-21-15-7-3-6-14(9-15)20-2/h3,6-7,9,13H,4-5,8,10-12H2,1-2H3,(H,17,19)/t13-/m0/s1. The molecule has 1 N–H and O–H groups in total. The third-order valence-corrected chi connectivity index (χ3v) is 3.72. The van der Waals surface area contributed by atoms with E-state index < -0.39 is 0 Å². The lowest BCUT2D eigenvalue weighted by atomic mass is 9.98. The number of rotatable bonds is 6. The highest BCUT2D eigenvalue weighted by Gasteiger charge is 2.17. The van der Waals surface area contributed by atoms with Gasteiger partial charge in [0.1, 0.15) is 11.5 Å². The van der Waals surface area contributed by atoms with Crippen LogP contribution in [0.2, 0.25) is 0 Å². The van der Waals surface area contributed by atoms with Gasteiger partial charge in [-0.2, -0.15) is 0 Å². The van der Waals surface area contributed by atoms with Gasteiger partial charge in [0.05, 0.1) is 7.11 Å². The number of piperidine rings is 1. The highest BCUT2D eigenvalue weighted by Crippen LogP contribution is 2.18. The fourth-order valence-corrected chi connectivity index (χ4v) is 2.59. The molecule has 116 valence electrons. The zero-order valence-electron chi connectivity index (χ0n) is 12.8. The predicted octanol–water partition coefficient (Wildman–Crippen LogP) is 1.53. The molecule has 1 aliphatic rings. The Hall–Kier alpha value is -1.75. The van der Waals surface area contributed by atoms with Gasteiger partial charge < -0.3 is 19.7 Å². The average molecular weight is 292 g/mol. The molecule has 0 spiro atoms. The molecule has 0 unspecified atom stereocenters. The fraction of sp³-hybridized carbons (Fsp3) is 0.562. The molecule has 0 bridgehead atoms. The van der Waals surface area contributed by atoms with Crippen molar-refractivity contribution in [1.82, 2.24) is 10.2 Å². The molecule has 1 aromatic rings. The van der Waals surface area contributed by atoms with Gasteiger partial charge in [-0.1, -0.05) is 6.07 Å². The first-order valence-corrected chi connectivity index (χ1v) is 7.39. The highest BCUT2D eigenvalue weighted by atomic mass is 16.5. The molecule has 1 aromatic carbocycles. The Morgan fingerprint density at radius 2 is 2.24 bits per heavy atom. The van der Waals surface area contributed by atoms with Crippen molar-refractivity contribution >= 4 is 5.91 Å². The Morgan fingerprint density at radius 3 is 3.00 bits per heavy atom. The summed E-state index contributed by atoms with van der Waals surface area (Å²) in [6.07, 6.45) is 2.39. The van der Waals surface area contributed by atoms with Crippen LogP contribution in [0.3, 0.4) is 0 Å². The van der Waals surface area contributed by atoms with E-state index in [0.29, 0.717) is 11.7 Å². The van der Waals surface area contributed by atoms with Crippen LogP contribution in [0.5, 0.6) is 11.5 Å². The third-order valence-electron chi connectivity index (χ3n) is 3.72. The predicted molar refractivity (Wildman–Crippen MR) is 81.7 cm³/mol. The fourth-order valence-electron chi connectivity index (χ4n) is 2.59. The van der Waals surface area contributed by atoms with Gasteiger partial charge in [0.25, 0.3) is 5.91 Å². The van der Waals surface area contributed by atoms with Crippen molar-refractivity contribution < 1.29 is 14.3 Å². The van der Waals surface area contributed by atoms with E-state index in [9.17, 15) is 4.79 Å². The summed E-state index contributed by atoms with van der Waals surface area (Å²) in [7, 11) is 3.73. The number of hydrogen-bond acceptors (Lipinski definition) is 4. The van der Waals surface area contributed by atoms with Gasteiger partial charge in [0.2, 0.25) is 0 Å². The number of ether oxygens (including phenoxy) is 2. The van der Waals surface area contributed by atoms with Crippen molar-refractivity contribution in [2.45, 2.75) is 12.8 Å². The van der Waals surface area contributed by atoms with Crippen molar-refractivity contribution in [1.29, 1.82) is 0 Å². The van der Waals surface area contributed by atoms with E-state index in [2.05, 4.69) is 17.3 Å². The summed E-state index contributed by atoms with van der Waals surface area (Å²) >= 11 is 0. The zero-order valence-corrected chi connectivity index (χ0v) is 12.8. The summed E-state index contributed by atoms with van der Waals surface area (Å²) in [5.41, 5.74) is 0. The molecule has 1 atom stereocenters. The summed E-state index contributed by atoms with van der Waals surface area (Å²) in [5.74, 6) is 1.83. The molecule has 21 heavy (non-hydrogen) atoms. The molecule has 1 aliphatic heterocycles. The first-order chi connectivity index (χ1) is 10.2. The normalized spacial score (nSPS) is 19.0. The molecule has 0 aliphatic carbocycles. The molecular formula is C16H24N2O3. The second-order valence-electron chi connectivity index (χ2n) is 5.54. The van der Waals surface area contributed by atoms with Gasteiger partial charge in [-0.3, -0.25) is 4.79 Å². The molecule has 5 heteroatoms. The zero-order chi connectivity index (χ0) is 15.1. The molecule has 0 aromatic heterocycles. The summed E-state index contributed by atoms with van der Waals surface area (Å²) < 4.78 is 10.6. The molecule has 2 rings (SSSR count). The van der Waals surface area contributed by atoms with Crippen LogP contribution in [-0.4, -0.2) is 51.2 Å². The van der Waals surface area contributed by atoms with E-state index in [1.54, 1.807) is 13.2 Å². The van der Waals surface area contributed by atoms with Gasteiger partial charge in [0, 0.05) is 19.2 Å². The molecule has 1 saturated heterocycles. The number of carbonyl (C=O) groups excluding carboxylic acids is 1. The van der Waals surface area contributed by atoms with E-state index in [1.807, 2.05) is 18.2 Å². The Labute approximate surface area is 126 Å². The smallest absolute Gasteiger partial charge is 0.257 e. The number of nitrogens with one attached hydrogen (secondary N) is 1. The number of likely N-dealkylation sites (tertiary alicyclic amines) is 1. The number of amides is 1. The summed E-state index contributed by atoms with van der Waals surface area (Å²) in [5, 5.41) is 2.95. The van der Waals surface area contributed by atoms with Gasteiger partial charge in [-0.25, -0.2) is 0 Å². The van der Waals surface area contributed by atoms with Crippen LogP contribution >= 0.6 is 0 Å². The summed E-state index contributed by atoms with van der Waals surface area (Å²) in [6.45, 7) is 2.97. The molecule has 1 fully saturated rings. The molecule has 1 heterocycles. The van der Waals surface area contributed by atoms with Crippen LogP contribution in [0.4, 0.5) is 0 Å². The van der Waals surface area contributed by atoms with Crippen molar-refractivity contribution in [3.8, 4) is 11.5 Å². The molecule has 0 radical (unpaired) electrons. The second kappa shape index (κ2) is 7.88. The van der Waals surface area contributed by atoms with Crippen LogP contribution in [0, 0.1) is 5.92 Å². The van der Waals surface area contributed by atoms with E-state index in [0.717, 1.165) is 25.4 Å². The maximum Gasteiger partial charge on any atom is 0.257 e. The van der Waals surface area contributed by atoms with Gasteiger partial charge in [-0.05, 0) is 44.5 Å². The van der Waals surface area contributed by atoms with Gasteiger partial charge in [0.15, 0.2) is 6.61 Å². The Morgan fingerprint density at radius 1 is 1.43 bits per heavy atom. The summed E-state index contributed by atoms with van der Waals surface area (Å²) in [4.78, 5) is 14.1. The second-order valence-corrected chi connectivity index (χ2v) is 5.54. The minimum absolute atomic E-state index is 0.0374. The highest BCUT2D eigenvalue weighted by molar-refractivity contribution is 5.77. The average Bonchev–Trinajstić information content (AvgIpc) is 2.51. The van der Waals surface area contributed by atoms with E-state index in [-0.39, 0.29) is 12.5 Å². The van der Waals surface area contributed by atoms with Crippen molar-refractivity contribution in [2.75, 3.05) is 40.4 Å². The topological polar surface area (TPSA) is 50.8 Å². The Kier molecular flexibility index (Phi) is 5.87. The lowest BCUT2D eigenvalue weighted by Gasteiger charge is -2.29. The molecular weight excluding hydrogens is 268 g/mol. The first kappa shape index (κ1) is 15.6. The minimum atomic E-state index is -0.0777. The van der Waals surface area contributed by atoms with Gasteiger partial charge in [-0.15, -0.1) is 0 Å². The number of carbonyl (C=O) groups is 1. The largest absolute Gasteiger partial charge is 0.497 e. The lowest BCUT2D eigenvalue weighted by molar-refractivity contribution is -0.123. The monoisotopic (exact) mass is 292 g/mol. The maximum absolute atomic E-state index is 11.8. The van der Waals surface area contributed by atoms with Crippen molar-refractivity contribution in [3.05, 3.63) is 24.3 Å². The van der Waals surface area contributed by atoms with Crippen LogP contribution in [0.15, 0.2) is 24.3 Å². The number of nitrogens with zero attached hydrogens (tertiary/aromatic N) is 1. The van der Waals surface area contributed by atoms with Crippen LogP contribution in [-0.2, 0) is 4.79 Å². The van der Waals surface area contributed by atoms with Crippen LogP contribution in [0.25, 0.3) is 0 Å². The summed E-state index contributed by atoms with van der Waals surface area (Å²) in [6, 6.07) is 7.26. The molecule has 5 nitrogen and oxygen atoms in total. The number of methoxy groups -OCH3 is 1. The quantitative estimate of drug-likeness (QED) is 0.864. The van der Waals surface area contributed by atoms with Crippen LogP contribution < -0.4 is 14.8 Å². The van der Waals surface area contributed by atoms with Gasteiger partial charge >= 0.3 is 0 Å². The van der Waals surface area contributed by atoms with E-state index >= 15 is 0 Å². The van der Waals surface area contributed by atoms with E-state index in [4.69, 9.17) is 9.47 Å². The maximum atomic E-state index is 11.8. The van der Waals surface area contributed by atoms with Crippen molar-refractivity contribution in [3.63, 3.8) is 0 Å². The Bertz CT molecular complexity index is 465. The lowest BCUT2D eigenvalue weighted by Crippen LogP contribution is -2.40. The third kappa shape index (κ3) is 5.27.